The first-order chi connectivity index (χ1) is 16.4. The van der Waals surface area contributed by atoms with Gasteiger partial charge in [-0.2, -0.15) is 0 Å². The van der Waals surface area contributed by atoms with Crippen LogP contribution in [0.5, 0.6) is 0 Å². The van der Waals surface area contributed by atoms with Crippen molar-refractivity contribution in [3.8, 4) is 11.1 Å². The zero-order chi connectivity index (χ0) is 24.2. The average molecular weight is 466 g/mol. The van der Waals surface area contributed by atoms with Gasteiger partial charge in [0.05, 0.1) is 6.54 Å². The number of carboxylic acid groups (broad SMARTS) is 1. The second-order valence-corrected chi connectivity index (χ2v) is 8.42. The van der Waals surface area contributed by atoms with E-state index in [-0.39, 0.29) is 51.0 Å². The second kappa shape index (κ2) is 9.94. The third-order valence-electron chi connectivity index (χ3n) is 6.39. The van der Waals surface area contributed by atoms with Gasteiger partial charge in [-0.25, -0.2) is 9.59 Å². The van der Waals surface area contributed by atoms with E-state index in [1.54, 1.807) is 0 Å². The van der Waals surface area contributed by atoms with Gasteiger partial charge < -0.3 is 25.0 Å². The maximum absolute atomic E-state index is 12.4. The first-order valence-corrected chi connectivity index (χ1v) is 11.3. The SMILES string of the molecule is CC(C(=O)O)N1CCN(C(=O)CCNC(=O)OCC2c3ccccc3-c3ccccc32)CC1=O. The fourth-order valence-corrected chi connectivity index (χ4v) is 4.52. The molecule has 34 heavy (non-hydrogen) atoms. The maximum Gasteiger partial charge on any atom is 0.407 e. The van der Waals surface area contributed by atoms with Crippen molar-refractivity contribution in [2.24, 2.45) is 0 Å². The molecule has 0 aromatic heterocycles. The molecular weight excluding hydrogens is 438 g/mol. The monoisotopic (exact) mass is 465 g/mol. The fourth-order valence-electron chi connectivity index (χ4n) is 4.52. The summed E-state index contributed by atoms with van der Waals surface area (Å²) in [6.07, 6.45) is -0.586. The van der Waals surface area contributed by atoms with E-state index < -0.39 is 24.0 Å². The lowest BCUT2D eigenvalue weighted by Crippen LogP contribution is -2.56. The fraction of sp³-hybridized carbons (Fsp3) is 0.360. The molecule has 1 unspecified atom stereocenters. The number of amides is 3. The van der Waals surface area contributed by atoms with Crippen LogP contribution in [0.1, 0.15) is 30.4 Å². The molecule has 9 nitrogen and oxygen atoms in total. The molecule has 1 fully saturated rings. The van der Waals surface area contributed by atoms with E-state index in [4.69, 9.17) is 9.84 Å². The number of benzene rings is 2. The Morgan fingerprint density at radius 1 is 1.06 bits per heavy atom. The number of nitrogens with zero attached hydrogens (tertiary/aromatic N) is 2. The summed E-state index contributed by atoms with van der Waals surface area (Å²) in [7, 11) is 0. The number of fused-ring (bicyclic) bond motifs is 3. The van der Waals surface area contributed by atoms with Crippen LogP contribution >= 0.6 is 0 Å². The Labute approximate surface area is 197 Å². The first kappa shape index (κ1) is 23.3. The molecule has 0 spiro atoms. The Bertz CT molecular complexity index is 1070. The smallest absolute Gasteiger partial charge is 0.407 e. The molecule has 0 radical (unpaired) electrons. The van der Waals surface area contributed by atoms with Gasteiger partial charge in [0.1, 0.15) is 12.6 Å². The Balaban J connectivity index is 1.23. The molecular formula is C25H27N3O6. The van der Waals surface area contributed by atoms with E-state index in [0.717, 1.165) is 22.3 Å². The van der Waals surface area contributed by atoms with E-state index in [2.05, 4.69) is 17.4 Å². The topological polar surface area (TPSA) is 116 Å². The van der Waals surface area contributed by atoms with Crippen LogP contribution in [0, 0.1) is 0 Å². The van der Waals surface area contributed by atoms with Crippen molar-refractivity contribution >= 4 is 23.9 Å². The Morgan fingerprint density at radius 2 is 1.68 bits per heavy atom. The van der Waals surface area contributed by atoms with Gasteiger partial charge >= 0.3 is 12.1 Å². The van der Waals surface area contributed by atoms with Gasteiger partial charge in [0.25, 0.3) is 0 Å². The quantitative estimate of drug-likeness (QED) is 0.647. The van der Waals surface area contributed by atoms with Crippen LogP contribution in [0.2, 0.25) is 0 Å². The van der Waals surface area contributed by atoms with Crippen LogP contribution in [-0.2, 0) is 19.1 Å². The highest BCUT2D eigenvalue weighted by atomic mass is 16.5. The normalized spacial score (nSPS) is 16.0. The number of rotatable bonds is 7. The molecule has 0 saturated carbocycles. The molecule has 1 saturated heterocycles. The highest BCUT2D eigenvalue weighted by Gasteiger charge is 2.32. The summed E-state index contributed by atoms with van der Waals surface area (Å²) < 4.78 is 5.46. The molecule has 2 aromatic rings. The van der Waals surface area contributed by atoms with Crippen LogP contribution in [0.4, 0.5) is 4.79 Å². The molecule has 2 N–H and O–H groups in total. The molecule has 178 valence electrons. The number of hydrogen-bond donors (Lipinski definition) is 2. The summed E-state index contributed by atoms with van der Waals surface area (Å²) >= 11 is 0. The van der Waals surface area contributed by atoms with Gasteiger partial charge in [0, 0.05) is 32.0 Å². The number of hydrogen-bond acceptors (Lipinski definition) is 5. The van der Waals surface area contributed by atoms with Gasteiger partial charge in [-0.05, 0) is 29.2 Å². The number of aliphatic carboxylic acids is 1. The van der Waals surface area contributed by atoms with Crippen molar-refractivity contribution in [1.82, 2.24) is 15.1 Å². The van der Waals surface area contributed by atoms with Crippen LogP contribution in [0.25, 0.3) is 11.1 Å². The molecule has 1 heterocycles. The van der Waals surface area contributed by atoms with E-state index in [1.165, 1.54) is 16.7 Å². The van der Waals surface area contributed by atoms with Gasteiger partial charge in [-0.3, -0.25) is 9.59 Å². The predicted octanol–water partition coefficient (Wildman–Crippen LogP) is 2.06. The summed E-state index contributed by atoms with van der Waals surface area (Å²) in [5.41, 5.74) is 4.52. The van der Waals surface area contributed by atoms with E-state index in [1.807, 2.05) is 36.4 Å². The molecule has 1 atom stereocenters. The Hall–Kier alpha value is -3.88. The summed E-state index contributed by atoms with van der Waals surface area (Å²) in [5, 5.41) is 11.7. The third kappa shape index (κ3) is 4.73. The average Bonchev–Trinajstić information content (AvgIpc) is 3.16. The van der Waals surface area contributed by atoms with Crippen LogP contribution < -0.4 is 5.32 Å². The highest BCUT2D eigenvalue weighted by Crippen LogP contribution is 2.44. The Kier molecular flexibility index (Phi) is 6.81. The number of ether oxygens (including phenoxy) is 1. The summed E-state index contributed by atoms with van der Waals surface area (Å²) in [5.74, 6) is -1.82. The number of carboxylic acids is 1. The van der Waals surface area contributed by atoms with E-state index in [0.29, 0.717) is 0 Å². The largest absolute Gasteiger partial charge is 0.480 e. The molecule has 2 aromatic carbocycles. The number of piperazine rings is 1. The molecule has 9 heteroatoms. The number of alkyl carbamates (subject to hydrolysis) is 1. The molecule has 1 aliphatic heterocycles. The Morgan fingerprint density at radius 3 is 2.26 bits per heavy atom. The van der Waals surface area contributed by atoms with Gasteiger partial charge in [-0.15, -0.1) is 0 Å². The summed E-state index contributed by atoms with van der Waals surface area (Å²) in [6, 6.07) is 15.2. The lowest BCUT2D eigenvalue weighted by molar-refractivity contribution is -0.154. The van der Waals surface area contributed by atoms with Crippen molar-refractivity contribution < 1.29 is 29.0 Å². The standard InChI is InChI=1S/C25H27N3O6/c1-16(24(31)32)28-13-12-27(14-23(28)30)22(29)10-11-26-25(33)34-15-21-19-8-4-2-6-17(19)18-7-3-5-9-20(18)21/h2-9,16,21H,10-15H2,1H3,(H,26,33)(H,31,32). The van der Waals surface area contributed by atoms with Gasteiger partial charge in [0.15, 0.2) is 0 Å². The van der Waals surface area contributed by atoms with Crippen molar-refractivity contribution in [2.75, 3.05) is 32.8 Å². The number of carbonyl (C=O) groups excluding carboxylic acids is 3. The first-order valence-electron chi connectivity index (χ1n) is 11.3. The van der Waals surface area contributed by atoms with Gasteiger partial charge in [0.2, 0.25) is 11.8 Å². The van der Waals surface area contributed by atoms with Gasteiger partial charge in [-0.1, -0.05) is 48.5 Å². The van der Waals surface area contributed by atoms with Crippen molar-refractivity contribution in [3.05, 3.63) is 59.7 Å². The summed E-state index contributed by atoms with van der Waals surface area (Å²) in [6.45, 7) is 1.96. The molecule has 0 bridgehead atoms. The number of nitrogens with one attached hydrogen (secondary N) is 1. The van der Waals surface area contributed by atoms with E-state index in [9.17, 15) is 19.2 Å². The van der Waals surface area contributed by atoms with Crippen LogP contribution in [-0.4, -0.2) is 77.6 Å². The predicted molar refractivity (Wildman–Crippen MR) is 123 cm³/mol. The molecule has 1 aliphatic carbocycles. The second-order valence-electron chi connectivity index (χ2n) is 8.42. The highest BCUT2D eigenvalue weighted by molar-refractivity contribution is 5.89. The lowest BCUT2D eigenvalue weighted by Gasteiger charge is -2.36. The third-order valence-corrected chi connectivity index (χ3v) is 6.39. The minimum atomic E-state index is -1.08. The molecule has 2 aliphatic rings. The molecule has 4 rings (SSSR count). The van der Waals surface area contributed by atoms with E-state index >= 15 is 0 Å². The lowest BCUT2D eigenvalue weighted by atomic mass is 9.98. The summed E-state index contributed by atoms with van der Waals surface area (Å²) in [4.78, 5) is 50.6. The van der Waals surface area contributed by atoms with Crippen LogP contribution in [0.3, 0.4) is 0 Å². The molecule has 3 amide bonds. The van der Waals surface area contributed by atoms with Crippen molar-refractivity contribution in [2.45, 2.75) is 25.3 Å². The van der Waals surface area contributed by atoms with Crippen molar-refractivity contribution in [3.63, 3.8) is 0 Å². The zero-order valence-electron chi connectivity index (χ0n) is 18.9. The van der Waals surface area contributed by atoms with Crippen molar-refractivity contribution in [1.29, 1.82) is 0 Å². The number of carbonyl (C=O) groups is 4. The minimum absolute atomic E-state index is 0.0198. The minimum Gasteiger partial charge on any atom is -0.480 e. The van der Waals surface area contributed by atoms with Crippen LogP contribution in [0.15, 0.2) is 48.5 Å². The zero-order valence-corrected chi connectivity index (χ0v) is 18.9. The maximum atomic E-state index is 12.4.